The molecule has 15 heavy (non-hydrogen) atoms. The molecule has 2 rings (SSSR count). The Labute approximate surface area is 99.0 Å². The van der Waals surface area contributed by atoms with Crippen LogP contribution in [0.25, 0.3) is 0 Å². The van der Waals surface area contributed by atoms with Crippen molar-refractivity contribution in [3.05, 3.63) is 34.3 Å². The third kappa shape index (κ3) is 2.41. The van der Waals surface area contributed by atoms with E-state index in [0.29, 0.717) is 0 Å². The van der Waals surface area contributed by atoms with Gasteiger partial charge >= 0.3 is 0 Å². The topological polar surface area (TPSA) is 23.5 Å². The van der Waals surface area contributed by atoms with Crippen LogP contribution in [0, 0.1) is 0 Å². The van der Waals surface area contributed by atoms with Gasteiger partial charge in [0.15, 0.2) is 0 Å². The fourth-order valence-electron chi connectivity index (χ4n) is 2.31. The molecule has 0 amide bonds. The summed E-state index contributed by atoms with van der Waals surface area (Å²) in [4.78, 5) is 2.23. The van der Waals surface area contributed by atoms with Crippen molar-refractivity contribution in [1.82, 2.24) is 4.90 Å². The van der Waals surface area contributed by atoms with Crippen LogP contribution < -0.4 is 0 Å². The molecule has 1 heterocycles. The number of nitrogens with zero attached hydrogens (tertiary/aromatic N) is 1. The van der Waals surface area contributed by atoms with Crippen molar-refractivity contribution in [1.29, 1.82) is 0 Å². The molecule has 0 radical (unpaired) electrons. The fraction of sp³-hybridized carbons (Fsp3) is 0.500. The van der Waals surface area contributed by atoms with Gasteiger partial charge in [-0.25, -0.2) is 0 Å². The standard InChI is InChI=1S/C12H16BrNO/c1-14-7-3-6-11(15)12(14)9-4-2-5-10(13)8-9/h2,4-5,8,11-12,15H,3,6-7H2,1H3. The van der Waals surface area contributed by atoms with Gasteiger partial charge in [0.2, 0.25) is 0 Å². The maximum absolute atomic E-state index is 10.0. The summed E-state index contributed by atoms with van der Waals surface area (Å²) in [6, 6.07) is 8.36. The molecule has 1 N–H and O–H groups in total. The molecule has 1 aromatic carbocycles. The van der Waals surface area contributed by atoms with Crippen LogP contribution in [-0.4, -0.2) is 29.7 Å². The highest BCUT2D eigenvalue weighted by atomic mass is 79.9. The maximum Gasteiger partial charge on any atom is 0.0737 e. The largest absolute Gasteiger partial charge is 0.391 e. The highest BCUT2D eigenvalue weighted by Crippen LogP contribution is 2.31. The number of hydrogen-bond donors (Lipinski definition) is 1. The molecule has 1 fully saturated rings. The fourth-order valence-corrected chi connectivity index (χ4v) is 2.72. The van der Waals surface area contributed by atoms with E-state index in [1.54, 1.807) is 0 Å². The Morgan fingerprint density at radius 3 is 2.93 bits per heavy atom. The first-order valence-electron chi connectivity index (χ1n) is 5.32. The summed E-state index contributed by atoms with van der Waals surface area (Å²) in [5.41, 5.74) is 1.19. The van der Waals surface area contributed by atoms with E-state index in [4.69, 9.17) is 0 Å². The Kier molecular flexibility index (Phi) is 3.44. The highest BCUT2D eigenvalue weighted by Gasteiger charge is 2.28. The molecule has 2 atom stereocenters. The lowest BCUT2D eigenvalue weighted by atomic mass is 9.93. The molecule has 0 saturated carbocycles. The molecular weight excluding hydrogens is 254 g/mol. The number of aliphatic hydroxyl groups excluding tert-OH is 1. The third-order valence-electron chi connectivity index (χ3n) is 3.04. The molecular formula is C12H16BrNO. The Morgan fingerprint density at radius 2 is 2.27 bits per heavy atom. The lowest BCUT2D eigenvalue weighted by molar-refractivity contribution is 0.0241. The molecule has 0 bridgehead atoms. The number of rotatable bonds is 1. The Bertz CT molecular complexity index is 332. The average molecular weight is 270 g/mol. The van der Waals surface area contributed by atoms with E-state index in [0.717, 1.165) is 23.9 Å². The Morgan fingerprint density at radius 1 is 1.47 bits per heavy atom. The van der Waals surface area contributed by atoms with Crippen LogP contribution >= 0.6 is 15.9 Å². The van der Waals surface area contributed by atoms with Gasteiger partial charge in [-0.15, -0.1) is 0 Å². The van der Waals surface area contributed by atoms with E-state index in [2.05, 4.69) is 40.0 Å². The average Bonchev–Trinajstić information content (AvgIpc) is 2.17. The second kappa shape index (κ2) is 4.64. The van der Waals surface area contributed by atoms with E-state index in [1.165, 1.54) is 5.56 Å². The zero-order valence-corrected chi connectivity index (χ0v) is 10.4. The summed E-state index contributed by atoms with van der Waals surface area (Å²) in [7, 11) is 2.08. The van der Waals surface area contributed by atoms with Gasteiger partial charge in [0.05, 0.1) is 12.1 Å². The normalized spacial score (nSPS) is 27.9. The predicted octanol–water partition coefficient (Wildman–Crippen LogP) is 2.58. The summed E-state index contributed by atoms with van der Waals surface area (Å²) in [6.07, 6.45) is 1.75. The van der Waals surface area contributed by atoms with Gasteiger partial charge in [0, 0.05) is 4.47 Å². The van der Waals surface area contributed by atoms with Crippen LogP contribution in [0.5, 0.6) is 0 Å². The van der Waals surface area contributed by atoms with Gasteiger partial charge in [-0.05, 0) is 44.1 Å². The molecule has 0 spiro atoms. The van der Waals surface area contributed by atoms with Crippen LogP contribution in [0.4, 0.5) is 0 Å². The predicted molar refractivity (Wildman–Crippen MR) is 64.8 cm³/mol. The number of halogens is 1. The Hall–Kier alpha value is -0.380. The smallest absolute Gasteiger partial charge is 0.0737 e. The summed E-state index contributed by atoms with van der Waals surface area (Å²) < 4.78 is 1.08. The highest BCUT2D eigenvalue weighted by molar-refractivity contribution is 9.10. The van der Waals surface area contributed by atoms with Crippen LogP contribution in [-0.2, 0) is 0 Å². The van der Waals surface area contributed by atoms with Gasteiger partial charge in [-0.1, -0.05) is 28.1 Å². The third-order valence-corrected chi connectivity index (χ3v) is 3.53. The second-order valence-corrected chi connectivity index (χ2v) is 5.11. The summed E-state index contributed by atoms with van der Waals surface area (Å²) in [5, 5.41) is 10.0. The molecule has 0 aliphatic carbocycles. The molecule has 2 unspecified atom stereocenters. The van der Waals surface area contributed by atoms with Crippen molar-refractivity contribution in [3.63, 3.8) is 0 Å². The molecule has 0 aromatic heterocycles. The lowest BCUT2D eigenvalue weighted by Crippen LogP contribution is -2.39. The number of piperidine rings is 1. The van der Waals surface area contributed by atoms with Crippen LogP contribution in [0.1, 0.15) is 24.4 Å². The first-order valence-corrected chi connectivity index (χ1v) is 6.11. The summed E-state index contributed by atoms with van der Waals surface area (Å²) >= 11 is 3.47. The lowest BCUT2D eigenvalue weighted by Gasteiger charge is -2.36. The first kappa shape index (κ1) is 11.1. The first-order chi connectivity index (χ1) is 7.18. The molecule has 1 aliphatic heterocycles. The van der Waals surface area contributed by atoms with Gasteiger partial charge in [0.1, 0.15) is 0 Å². The van der Waals surface area contributed by atoms with Crippen molar-refractivity contribution in [2.75, 3.05) is 13.6 Å². The number of hydrogen-bond acceptors (Lipinski definition) is 2. The zero-order chi connectivity index (χ0) is 10.8. The Balaban J connectivity index is 2.27. The molecule has 1 aliphatic rings. The minimum absolute atomic E-state index is 0.149. The molecule has 1 aromatic rings. The van der Waals surface area contributed by atoms with Crippen molar-refractivity contribution >= 4 is 15.9 Å². The second-order valence-electron chi connectivity index (χ2n) is 4.19. The van der Waals surface area contributed by atoms with Crippen LogP contribution in [0.3, 0.4) is 0 Å². The number of likely N-dealkylation sites (N-methyl/N-ethyl adjacent to an activating group) is 1. The van der Waals surface area contributed by atoms with Gasteiger partial charge in [-0.3, -0.25) is 4.90 Å². The quantitative estimate of drug-likeness (QED) is 0.847. The number of benzene rings is 1. The monoisotopic (exact) mass is 269 g/mol. The van der Waals surface area contributed by atoms with Crippen LogP contribution in [0.2, 0.25) is 0 Å². The van der Waals surface area contributed by atoms with E-state index >= 15 is 0 Å². The molecule has 82 valence electrons. The van der Waals surface area contributed by atoms with E-state index in [9.17, 15) is 5.11 Å². The number of likely N-dealkylation sites (tertiary alicyclic amines) is 1. The summed E-state index contributed by atoms with van der Waals surface area (Å²) in [6.45, 7) is 1.06. The van der Waals surface area contributed by atoms with Crippen molar-refractivity contribution < 1.29 is 5.11 Å². The maximum atomic E-state index is 10.0. The van der Waals surface area contributed by atoms with Gasteiger partial charge < -0.3 is 5.11 Å². The molecule has 2 nitrogen and oxygen atoms in total. The SMILES string of the molecule is CN1CCCC(O)C1c1cccc(Br)c1. The van der Waals surface area contributed by atoms with Gasteiger partial charge in [0.25, 0.3) is 0 Å². The minimum atomic E-state index is -0.238. The summed E-state index contributed by atoms with van der Waals surface area (Å²) in [5.74, 6) is 0. The zero-order valence-electron chi connectivity index (χ0n) is 8.86. The van der Waals surface area contributed by atoms with E-state index in [-0.39, 0.29) is 12.1 Å². The number of aliphatic hydroxyl groups is 1. The van der Waals surface area contributed by atoms with Gasteiger partial charge in [-0.2, -0.15) is 0 Å². The minimum Gasteiger partial charge on any atom is -0.391 e. The molecule has 3 heteroatoms. The van der Waals surface area contributed by atoms with E-state index < -0.39 is 0 Å². The van der Waals surface area contributed by atoms with Crippen molar-refractivity contribution in [2.45, 2.75) is 25.0 Å². The van der Waals surface area contributed by atoms with Crippen LogP contribution in [0.15, 0.2) is 28.7 Å². The van der Waals surface area contributed by atoms with E-state index in [1.807, 2.05) is 12.1 Å². The molecule has 1 saturated heterocycles. The van der Waals surface area contributed by atoms with Crippen molar-refractivity contribution in [3.8, 4) is 0 Å². The van der Waals surface area contributed by atoms with Crippen molar-refractivity contribution in [2.24, 2.45) is 0 Å².